The Labute approximate surface area is 187 Å². The Morgan fingerprint density at radius 1 is 1.25 bits per heavy atom. The third kappa shape index (κ3) is 4.37. The van der Waals surface area contributed by atoms with E-state index in [-0.39, 0.29) is 23.7 Å². The van der Waals surface area contributed by atoms with Gasteiger partial charge in [-0.25, -0.2) is 9.97 Å². The molecule has 8 nitrogen and oxygen atoms in total. The van der Waals surface area contributed by atoms with E-state index in [1.807, 2.05) is 26.0 Å². The number of anilines is 1. The molecule has 8 heteroatoms. The van der Waals surface area contributed by atoms with E-state index < -0.39 is 0 Å². The molecule has 0 bridgehead atoms. The molecule has 4 heterocycles. The summed E-state index contributed by atoms with van der Waals surface area (Å²) in [5, 5.41) is 9.27. The average molecular weight is 434 g/mol. The lowest BCUT2D eigenvalue weighted by atomic mass is 9.96. The third-order valence-electron chi connectivity index (χ3n) is 5.70. The number of nitrogens with zero attached hydrogens (tertiary/aromatic N) is 5. The molecule has 166 valence electrons. The largest absolute Gasteiger partial charge is 0.489 e. The molecule has 0 spiro atoms. The average Bonchev–Trinajstić information content (AvgIpc) is 2.78. The van der Waals surface area contributed by atoms with Gasteiger partial charge in [-0.05, 0) is 32.0 Å². The van der Waals surface area contributed by atoms with Crippen LogP contribution in [0.4, 0.5) is 5.69 Å². The molecule has 0 aromatic carbocycles. The quantitative estimate of drug-likeness (QED) is 0.609. The molecular weight excluding hydrogens is 406 g/mol. The summed E-state index contributed by atoms with van der Waals surface area (Å²) in [5.74, 6) is 1.50. The SMILES string of the molecule is CC(C)Oc1ccc(O[C@H]2CCN(c3cc(=O)n(C)c4ccc(C#N)nc34)C[C@H]2C)nc1. The monoisotopic (exact) mass is 433 g/mol. The van der Waals surface area contributed by atoms with E-state index in [2.05, 4.69) is 27.9 Å². The van der Waals surface area contributed by atoms with Gasteiger partial charge in [-0.15, -0.1) is 0 Å². The Morgan fingerprint density at radius 3 is 2.72 bits per heavy atom. The standard InChI is InChI=1S/C24H27N5O3/c1-15(2)31-18-6-8-22(26-13-18)32-21-9-10-29(14-16(21)3)20-11-23(30)28(4)19-7-5-17(12-25)27-24(19)20/h5-8,11,13,15-16,21H,9-10,14H2,1-4H3/t16-,21+/m1/s1. The first kappa shape index (κ1) is 21.6. The van der Waals surface area contributed by atoms with Crippen LogP contribution in [0, 0.1) is 17.2 Å². The van der Waals surface area contributed by atoms with Gasteiger partial charge in [-0.3, -0.25) is 4.79 Å². The van der Waals surface area contributed by atoms with E-state index in [9.17, 15) is 10.1 Å². The van der Waals surface area contributed by atoms with Crippen molar-refractivity contribution in [1.82, 2.24) is 14.5 Å². The van der Waals surface area contributed by atoms with Crippen molar-refractivity contribution in [3.63, 3.8) is 0 Å². The second-order valence-electron chi connectivity index (χ2n) is 8.47. The van der Waals surface area contributed by atoms with Crippen molar-refractivity contribution in [3.8, 4) is 17.7 Å². The minimum absolute atomic E-state index is 0.0102. The molecule has 3 aromatic heterocycles. The van der Waals surface area contributed by atoms with E-state index in [0.29, 0.717) is 35.7 Å². The molecule has 0 saturated carbocycles. The Morgan fingerprint density at radius 2 is 2.06 bits per heavy atom. The van der Waals surface area contributed by atoms with Crippen LogP contribution >= 0.6 is 0 Å². The van der Waals surface area contributed by atoms with Gasteiger partial charge in [-0.2, -0.15) is 5.26 Å². The molecule has 4 rings (SSSR count). The molecule has 3 aromatic rings. The number of piperidine rings is 1. The predicted octanol–water partition coefficient (Wildman–Crippen LogP) is 3.28. The lowest BCUT2D eigenvalue weighted by Gasteiger charge is -2.38. The number of aromatic nitrogens is 3. The van der Waals surface area contributed by atoms with Crippen LogP contribution in [-0.2, 0) is 7.05 Å². The third-order valence-corrected chi connectivity index (χ3v) is 5.70. The zero-order valence-corrected chi connectivity index (χ0v) is 18.8. The van der Waals surface area contributed by atoms with Crippen LogP contribution in [-0.4, -0.2) is 39.8 Å². The summed E-state index contributed by atoms with van der Waals surface area (Å²) in [6.07, 6.45) is 2.56. The summed E-state index contributed by atoms with van der Waals surface area (Å²) in [4.78, 5) is 23.6. The Balaban J connectivity index is 1.52. The van der Waals surface area contributed by atoms with E-state index in [1.54, 1.807) is 36.0 Å². The molecule has 1 aliphatic rings. The van der Waals surface area contributed by atoms with Gasteiger partial charge >= 0.3 is 0 Å². The van der Waals surface area contributed by atoms with Crippen LogP contribution < -0.4 is 19.9 Å². The van der Waals surface area contributed by atoms with Crippen molar-refractivity contribution in [2.75, 3.05) is 18.0 Å². The highest BCUT2D eigenvalue weighted by Gasteiger charge is 2.29. The Bertz CT molecular complexity index is 1210. The highest BCUT2D eigenvalue weighted by atomic mass is 16.5. The van der Waals surface area contributed by atoms with Crippen molar-refractivity contribution < 1.29 is 9.47 Å². The van der Waals surface area contributed by atoms with E-state index in [0.717, 1.165) is 17.9 Å². The number of hydrogen-bond donors (Lipinski definition) is 0. The molecule has 0 amide bonds. The highest BCUT2D eigenvalue weighted by molar-refractivity contribution is 5.88. The van der Waals surface area contributed by atoms with Crippen LogP contribution in [0.5, 0.6) is 11.6 Å². The number of nitriles is 1. The van der Waals surface area contributed by atoms with Crippen LogP contribution in [0.1, 0.15) is 32.9 Å². The highest BCUT2D eigenvalue weighted by Crippen LogP contribution is 2.30. The minimum Gasteiger partial charge on any atom is -0.489 e. The predicted molar refractivity (Wildman–Crippen MR) is 122 cm³/mol. The fraction of sp³-hybridized carbons (Fsp3) is 0.417. The van der Waals surface area contributed by atoms with Crippen molar-refractivity contribution in [2.45, 2.75) is 39.4 Å². The molecule has 1 saturated heterocycles. The second-order valence-corrected chi connectivity index (χ2v) is 8.47. The number of rotatable bonds is 5. The van der Waals surface area contributed by atoms with Gasteiger partial charge in [0, 0.05) is 44.6 Å². The zero-order chi connectivity index (χ0) is 22.8. The zero-order valence-electron chi connectivity index (χ0n) is 18.8. The first-order chi connectivity index (χ1) is 15.4. The van der Waals surface area contributed by atoms with Crippen molar-refractivity contribution in [1.29, 1.82) is 5.26 Å². The molecule has 1 aliphatic heterocycles. The van der Waals surface area contributed by atoms with E-state index in [4.69, 9.17) is 9.47 Å². The van der Waals surface area contributed by atoms with Gasteiger partial charge in [0.15, 0.2) is 0 Å². The lowest BCUT2D eigenvalue weighted by Crippen LogP contribution is -2.45. The molecule has 0 N–H and O–H groups in total. The minimum atomic E-state index is -0.0991. The van der Waals surface area contributed by atoms with Crippen molar-refractivity contribution in [2.24, 2.45) is 13.0 Å². The van der Waals surface area contributed by atoms with Gasteiger partial charge in [0.25, 0.3) is 5.56 Å². The first-order valence-corrected chi connectivity index (χ1v) is 10.8. The van der Waals surface area contributed by atoms with Crippen LogP contribution in [0.2, 0.25) is 0 Å². The van der Waals surface area contributed by atoms with Gasteiger partial charge in [-0.1, -0.05) is 6.92 Å². The number of fused-ring (bicyclic) bond motifs is 1. The van der Waals surface area contributed by atoms with Crippen molar-refractivity contribution in [3.05, 3.63) is 52.6 Å². The lowest BCUT2D eigenvalue weighted by molar-refractivity contribution is 0.116. The number of hydrogen-bond acceptors (Lipinski definition) is 7. The molecular formula is C24H27N5O3. The van der Waals surface area contributed by atoms with E-state index in [1.165, 1.54) is 0 Å². The maximum Gasteiger partial charge on any atom is 0.252 e. The summed E-state index contributed by atoms with van der Waals surface area (Å²) >= 11 is 0. The fourth-order valence-electron chi connectivity index (χ4n) is 4.07. The van der Waals surface area contributed by atoms with Crippen molar-refractivity contribution >= 4 is 16.7 Å². The topological polar surface area (TPSA) is 93.3 Å². The summed E-state index contributed by atoms with van der Waals surface area (Å²) < 4.78 is 13.4. The number of ether oxygens (including phenoxy) is 2. The molecule has 0 radical (unpaired) electrons. The number of pyridine rings is 3. The Kier molecular flexibility index (Phi) is 5.99. The smallest absolute Gasteiger partial charge is 0.252 e. The maximum absolute atomic E-state index is 12.5. The van der Waals surface area contributed by atoms with Crippen LogP contribution in [0.25, 0.3) is 11.0 Å². The molecule has 32 heavy (non-hydrogen) atoms. The van der Waals surface area contributed by atoms with E-state index >= 15 is 0 Å². The second kappa shape index (κ2) is 8.87. The van der Waals surface area contributed by atoms with Crippen LogP contribution in [0.15, 0.2) is 41.3 Å². The van der Waals surface area contributed by atoms with Gasteiger partial charge in [0.1, 0.15) is 29.1 Å². The van der Waals surface area contributed by atoms with Gasteiger partial charge in [0.05, 0.1) is 23.5 Å². The summed E-state index contributed by atoms with van der Waals surface area (Å²) in [6, 6.07) is 10.8. The molecule has 2 atom stereocenters. The molecule has 0 unspecified atom stereocenters. The molecule has 0 aliphatic carbocycles. The molecule has 1 fully saturated rings. The van der Waals surface area contributed by atoms with Gasteiger partial charge < -0.3 is 18.9 Å². The maximum atomic E-state index is 12.5. The Hall–Kier alpha value is -3.60. The number of aryl methyl sites for hydroxylation is 1. The first-order valence-electron chi connectivity index (χ1n) is 10.8. The van der Waals surface area contributed by atoms with Gasteiger partial charge in [0.2, 0.25) is 5.88 Å². The summed E-state index contributed by atoms with van der Waals surface area (Å²) in [6.45, 7) is 7.50. The fourth-order valence-corrected chi connectivity index (χ4v) is 4.07. The summed E-state index contributed by atoms with van der Waals surface area (Å²) in [5.41, 5.74) is 2.38. The van der Waals surface area contributed by atoms with Crippen LogP contribution in [0.3, 0.4) is 0 Å². The summed E-state index contributed by atoms with van der Waals surface area (Å²) in [7, 11) is 1.72. The normalized spacial score (nSPS) is 18.6.